The van der Waals surface area contributed by atoms with Crippen LogP contribution in [0.5, 0.6) is 0 Å². The molecule has 0 aliphatic carbocycles. The van der Waals surface area contributed by atoms with Crippen molar-refractivity contribution < 1.29 is 18.7 Å². The molecule has 3 nitrogen and oxygen atoms in total. The Kier molecular flexibility index (Phi) is 3.01. The molecule has 0 saturated carbocycles. The lowest BCUT2D eigenvalue weighted by Gasteiger charge is -2.06. The molecule has 1 aromatic rings. The maximum Gasteiger partial charge on any atom is 0.335 e. The second-order valence-corrected chi connectivity index (χ2v) is 2.65. The van der Waals surface area contributed by atoms with Crippen molar-refractivity contribution in [1.82, 2.24) is 0 Å². The van der Waals surface area contributed by atoms with Gasteiger partial charge in [-0.2, -0.15) is 0 Å². The molecule has 0 unspecified atom stereocenters. The molecule has 5 heteroatoms. The van der Waals surface area contributed by atoms with E-state index in [4.69, 9.17) is 5.11 Å². The van der Waals surface area contributed by atoms with E-state index in [0.29, 0.717) is 6.54 Å². The first-order chi connectivity index (χ1) is 6.56. The molecule has 0 aromatic heterocycles. The number of aromatic carboxylic acids is 1. The summed E-state index contributed by atoms with van der Waals surface area (Å²) in [5.74, 6) is -3.15. The Bertz CT molecular complexity index is 343. The minimum atomic E-state index is -1.36. The predicted molar refractivity (Wildman–Crippen MR) is 47.5 cm³/mol. The molecule has 0 aliphatic heterocycles. The van der Waals surface area contributed by atoms with Gasteiger partial charge in [0.15, 0.2) is 0 Å². The highest BCUT2D eigenvalue weighted by Crippen LogP contribution is 2.20. The summed E-state index contributed by atoms with van der Waals surface area (Å²) in [5, 5.41) is 11.0. The van der Waals surface area contributed by atoms with Gasteiger partial charge in [0.1, 0.15) is 17.3 Å². The zero-order valence-electron chi connectivity index (χ0n) is 7.47. The molecular weight excluding hydrogens is 192 g/mol. The second-order valence-electron chi connectivity index (χ2n) is 2.65. The maximum absolute atomic E-state index is 13.1. The van der Waals surface area contributed by atoms with E-state index in [9.17, 15) is 13.6 Å². The van der Waals surface area contributed by atoms with Crippen LogP contribution in [0.4, 0.5) is 14.5 Å². The fourth-order valence-electron chi connectivity index (χ4n) is 1.04. The van der Waals surface area contributed by atoms with Crippen LogP contribution in [0.25, 0.3) is 0 Å². The molecule has 1 aromatic carbocycles. The largest absolute Gasteiger partial charge is 0.478 e. The van der Waals surface area contributed by atoms with Crippen LogP contribution in [0.1, 0.15) is 17.3 Å². The number of nitrogens with one attached hydrogen (secondary N) is 1. The standard InChI is InChI=1S/C9H9F2NO2/c1-2-12-8-6(10)3-5(9(13)14)4-7(8)11/h3-4,12H,2H2,1H3,(H,13,14). The predicted octanol–water partition coefficient (Wildman–Crippen LogP) is 2.09. The van der Waals surface area contributed by atoms with Crippen LogP contribution >= 0.6 is 0 Å². The van der Waals surface area contributed by atoms with E-state index in [0.717, 1.165) is 12.1 Å². The number of carboxylic acids is 1. The van der Waals surface area contributed by atoms with Gasteiger partial charge in [-0.05, 0) is 19.1 Å². The summed E-state index contributed by atoms with van der Waals surface area (Å²) < 4.78 is 26.2. The number of anilines is 1. The number of carbonyl (C=O) groups is 1. The molecule has 0 bridgehead atoms. The topological polar surface area (TPSA) is 49.3 Å². The Morgan fingerprint density at radius 3 is 2.29 bits per heavy atom. The molecule has 0 aliphatic rings. The fourth-order valence-corrected chi connectivity index (χ4v) is 1.04. The van der Waals surface area contributed by atoms with Crippen LogP contribution in [-0.2, 0) is 0 Å². The average molecular weight is 201 g/mol. The minimum absolute atomic E-state index is 0.294. The molecule has 14 heavy (non-hydrogen) atoms. The van der Waals surface area contributed by atoms with E-state index in [2.05, 4.69) is 5.32 Å². The average Bonchev–Trinajstić information content (AvgIpc) is 2.10. The van der Waals surface area contributed by atoms with Gasteiger partial charge in [0, 0.05) is 6.54 Å². The van der Waals surface area contributed by atoms with Crippen LogP contribution in [0.2, 0.25) is 0 Å². The third-order valence-electron chi connectivity index (χ3n) is 1.64. The minimum Gasteiger partial charge on any atom is -0.478 e. The smallest absolute Gasteiger partial charge is 0.335 e. The van der Waals surface area contributed by atoms with E-state index < -0.39 is 23.2 Å². The molecule has 0 atom stereocenters. The van der Waals surface area contributed by atoms with Crippen molar-refractivity contribution in [2.75, 3.05) is 11.9 Å². The Labute approximate surface area is 79.4 Å². The molecule has 0 radical (unpaired) electrons. The first-order valence-corrected chi connectivity index (χ1v) is 4.02. The van der Waals surface area contributed by atoms with Crippen molar-refractivity contribution in [2.45, 2.75) is 6.92 Å². The molecule has 1 rings (SSSR count). The SMILES string of the molecule is CCNc1c(F)cc(C(=O)O)cc1F. The number of hydrogen-bond donors (Lipinski definition) is 2. The van der Waals surface area contributed by atoms with E-state index in [1.807, 2.05) is 0 Å². The highest BCUT2D eigenvalue weighted by atomic mass is 19.1. The summed E-state index contributed by atoms with van der Waals surface area (Å²) in [5.41, 5.74) is -0.695. The van der Waals surface area contributed by atoms with Gasteiger partial charge in [0.25, 0.3) is 0 Å². The maximum atomic E-state index is 13.1. The Morgan fingerprint density at radius 1 is 1.43 bits per heavy atom. The summed E-state index contributed by atoms with van der Waals surface area (Å²) >= 11 is 0. The first-order valence-electron chi connectivity index (χ1n) is 4.02. The lowest BCUT2D eigenvalue weighted by molar-refractivity contribution is 0.0696. The monoisotopic (exact) mass is 201 g/mol. The van der Waals surface area contributed by atoms with Crippen molar-refractivity contribution in [3.05, 3.63) is 29.3 Å². The van der Waals surface area contributed by atoms with E-state index >= 15 is 0 Å². The van der Waals surface area contributed by atoms with Gasteiger partial charge >= 0.3 is 5.97 Å². The quantitative estimate of drug-likeness (QED) is 0.787. The van der Waals surface area contributed by atoms with Crippen LogP contribution < -0.4 is 5.32 Å². The summed E-state index contributed by atoms with van der Waals surface area (Å²) in [6.45, 7) is 2.05. The van der Waals surface area contributed by atoms with Crippen LogP contribution in [0.3, 0.4) is 0 Å². The van der Waals surface area contributed by atoms with Crippen molar-refractivity contribution >= 4 is 11.7 Å². The number of rotatable bonds is 3. The molecule has 76 valence electrons. The number of halogens is 2. The highest BCUT2D eigenvalue weighted by Gasteiger charge is 2.13. The van der Waals surface area contributed by atoms with Crippen LogP contribution in [0.15, 0.2) is 12.1 Å². The Morgan fingerprint density at radius 2 is 1.93 bits per heavy atom. The summed E-state index contributed by atoms with van der Waals surface area (Å²) in [4.78, 5) is 10.4. The number of hydrogen-bond acceptors (Lipinski definition) is 2. The zero-order chi connectivity index (χ0) is 10.7. The first kappa shape index (κ1) is 10.4. The zero-order valence-corrected chi connectivity index (χ0v) is 7.47. The van der Waals surface area contributed by atoms with Crippen molar-refractivity contribution in [3.8, 4) is 0 Å². The summed E-state index contributed by atoms with van der Waals surface area (Å²) in [6.07, 6.45) is 0. The van der Waals surface area contributed by atoms with Gasteiger partial charge in [-0.1, -0.05) is 0 Å². The highest BCUT2D eigenvalue weighted by molar-refractivity contribution is 5.88. The molecule has 0 heterocycles. The van der Waals surface area contributed by atoms with Crippen LogP contribution in [-0.4, -0.2) is 17.6 Å². The fraction of sp³-hybridized carbons (Fsp3) is 0.222. The van der Waals surface area contributed by atoms with Gasteiger partial charge < -0.3 is 10.4 Å². The molecule has 0 fully saturated rings. The second kappa shape index (κ2) is 4.04. The van der Waals surface area contributed by atoms with E-state index in [1.54, 1.807) is 6.92 Å². The molecule has 0 saturated heterocycles. The Balaban J connectivity index is 3.18. The van der Waals surface area contributed by atoms with Gasteiger partial charge in [-0.3, -0.25) is 0 Å². The normalized spacial score (nSPS) is 9.93. The summed E-state index contributed by atoms with van der Waals surface area (Å²) in [6, 6.07) is 1.56. The van der Waals surface area contributed by atoms with Gasteiger partial charge in [-0.15, -0.1) is 0 Å². The third-order valence-corrected chi connectivity index (χ3v) is 1.64. The Hall–Kier alpha value is -1.65. The van der Waals surface area contributed by atoms with Gasteiger partial charge in [-0.25, -0.2) is 13.6 Å². The number of benzene rings is 1. The summed E-state index contributed by atoms with van der Waals surface area (Å²) in [7, 11) is 0. The molecule has 0 spiro atoms. The van der Waals surface area contributed by atoms with E-state index in [1.165, 1.54) is 0 Å². The van der Waals surface area contributed by atoms with Crippen molar-refractivity contribution in [3.63, 3.8) is 0 Å². The molecule has 0 amide bonds. The van der Waals surface area contributed by atoms with Gasteiger partial charge in [0.2, 0.25) is 0 Å². The van der Waals surface area contributed by atoms with Crippen molar-refractivity contribution in [2.24, 2.45) is 0 Å². The van der Waals surface area contributed by atoms with E-state index in [-0.39, 0.29) is 5.69 Å². The third kappa shape index (κ3) is 1.99. The number of carboxylic acid groups (broad SMARTS) is 1. The van der Waals surface area contributed by atoms with Crippen molar-refractivity contribution in [1.29, 1.82) is 0 Å². The van der Waals surface area contributed by atoms with Crippen LogP contribution in [0, 0.1) is 11.6 Å². The molecular formula is C9H9F2NO2. The lowest BCUT2D eigenvalue weighted by Crippen LogP contribution is -2.05. The lowest BCUT2D eigenvalue weighted by atomic mass is 10.2. The molecule has 2 N–H and O–H groups in total. The van der Waals surface area contributed by atoms with Gasteiger partial charge in [0.05, 0.1) is 5.56 Å².